The molecule has 0 atom stereocenters. The van der Waals surface area contributed by atoms with E-state index in [4.69, 9.17) is 4.74 Å². The maximum Gasteiger partial charge on any atom is 0.185 e. The van der Waals surface area contributed by atoms with Crippen LogP contribution < -0.4 is 4.90 Å². The third kappa shape index (κ3) is 4.66. The van der Waals surface area contributed by atoms with Gasteiger partial charge in [0, 0.05) is 51.0 Å². The molecule has 1 aromatic heterocycles. The maximum atomic E-state index is 5.42. The Hall–Kier alpha value is -0.650. The van der Waals surface area contributed by atoms with Gasteiger partial charge in [0.1, 0.15) is 0 Å². The van der Waals surface area contributed by atoms with E-state index in [2.05, 4.69) is 20.2 Å². The summed E-state index contributed by atoms with van der Waals surface area (Å²) in [4.78, 5) is 9.45. The molecule has 2 fully saturated rings. The number of rotatable bonds is 6. The Morgan fingerprint density at radius 3 is 2.67 bits per heavy atom. The number of hydrogen-bond acceptors (Lipinski definition) is 5. The van der Waals surface area contributed by atoms with Crippen molar-refractivity contribution < 1.29 is 4.74 Å². The average Bonchev–Trinajstić information content (AvgIpc) is 3.08. The van der Waals surface area contributed by atoms with E-state index in [1.165, 1.54) is 56.9 Å². The Balaban J connectivity index is 1.27. The predicted molar refractivity (Wildman–Crippen MR) is 88.2 cm³/mol. The van der Waals surface area contributed by atoms with Crippen LogP contribution in [-0.2, 0) is 4.74 Å². The number of thiazole rings is 1. The molecule has 0 amide bonds. The highest BCUT2D eigenvalue weighted by Gasteiger charge is 2.18. The fourth-order valence-corrected chi connectivity index (χ4v) is 4.04. The molecule has 2 aliphatic rings. The smallest absolute Gasteiger partial charge is 0.185 e. The van der Waals surface area contributed by atoms with E-state index in [0.29, 0.717) is 0 Å². The molecule has 0 aromatic carbocycles. The van der Waals surface area contributed by atoms with Crippen LogP contribution in [0.4, 0.5) is 5.13 Å². The van der Waals surface area contributed by atoms with Gasteiger partial charge >= 0.3 is 0 Å². The maximum absolute atomic E-state index is 5.42. The van der Waals surface area contributed by atoms with Crippen molar-refractivity contribution in [2.45, 2.75) is 32.1 Å². The van der Waals surface area contributed by atoms with Crippen molar-refractivity contribution in [1.29, 1.82) is 0 Å². The normalized spacial score (nSPS) is 21.8. The van der Waals surface area contributed by atoms with Crippen LogP contribution >= 0.6 is 11.3 Å². The first-order chi connectivity index (χ1) is 10.4. The molecule has 5 heteroatoms. The molecular weight excluding hydrogens is 282 g/mol. The summed E-state index contributed by atoms with van der Waals surface area (Å²) in [5.41, 5.74) is 0. The molecule has 118 valence electrons. The summed E-state index contributed by atoms with van der Waals surface area (Å²) in [5, 5.41) is 3.26. The lowest BCUT2D eigenvalue weighted by atomic mass is 9.94. The largest absolute Gasteiger partial charge is 0.381 e. The summed E-state index contributed by atoms with van der Waals surface area (Å²) < 4.78 is 5.42. The van der Waals surface area contributed by atoms with Gasteiger partial charge in [-0.25, -0.2) is 4.98 Å². The van der Waals surface area contributed by atoms with E-state index >= 15 is 0 Å². The number of piperazine rings is 1. The quantitative estimate of drug-likeness (QED) is 0.756. The number of hydrogen-bond donors (Lipinski definition) is 0. The van der Waals surface area contributed by atoms with E-state index in [1.807, 2.05) is 6.20 Å². The van der Waals surface area contributed by atoms with Crippen LogP contribution in [0.3, 0.4) is 0 Å². The minimum atomic E-state index is 0.931. The topological polar surface area (TPSA) is 28.6 Å². The lowest BCUT2D eigenvalue weighted by Crippen LogP contribution is -2.46. The van der Waals surface area contributed by atoms with Crippen LogP contribution in [0.5, 0.6) is 0 Å². The molecular formula is C16H27N3OS. The first-order valence-electron chi connectivity index (χ1n) is 8.36. The molecule has 0 aliphatic carbocycles. The van der Waals surface area contributed by atoms with E-state index in [0.717, 1.165) is 32.2 Å². The van der Waals surface area contributed by atoms with Crippen LogP contribution in [0.2, 0.25) is 0 Å². The Labute approximate surface area is 132 Å². The minimum absolute atomic E-state index is 0.931. The van der Waals surface area contributed by atoms with Gasteiger partial charge in [0.2, 0.25) is 0 Å². The molecule has 0 bridgehead atoms. The van der Waals surface area contributed by atoms with Crippen molar-refractivity contribution in [2.75, 3.05) is 50.8 Å². The second-order valence-electron chi connectivity index (χ2n) is 6.19. The van der Waals surface area contributed by atoms with Crippen molar-refractivity contribution in [3.05, 3.63) is 11.6 Å². The van der Waals surface area contributed by atoms with E-state index in [-0.39, 0.29) is 0 Å². The molecule has 0 radical (unpaired) electrons. The van der Waals surface area contributed by atoms with E-state index in [9.17, 15) is 0 Å². The third-order valence-electron chi connectivity index (χ3n) is 4.74. The van der Waals surface area contributed by atoms with Crippen LogP contribution in [0.15, 0.2) is 11.6 Å². The molecule has 0 unspecified atom stereocenters. The second-order valence-corrected chi connectivity index (χ2v) is 7.07. The van der Waals surface area contributed by atoms with Gasteiger partial charge in [-0.1, -0.05) is 12.8 Å². The lowest BCUT2D eigenvalue weighted by Gasteiger charge is -2.34. The first kappa shape index (κ1) is 15.3. The lowest BCUT2D eigenvalue weighted by molar-refractivity contribution is 0.0628. The summed E-state index contributed by atoms with van der Waals surface area (Å²) in [5.74, 6) is 0.931. The van der Waals surface area contributed by atoms with Crippen LogP contribution in [0.1, 0.15) is 32.1 Å². The molecule has 0 N–H and O–H groups in total. The summed E-state index contributed by atoms with van der Waals surface area (Å²) in [6.07, 6.45) is 8.62. The predicted octanol–water partition coefficient (Wildman–Crippen LogP) is 2.86. The van der Waals surface area contributed by atoms with Crippen molar-refractivity contribution in [3.63, 3.8) is 0 Å². The summed E-state index contributed by atoms with van der Waals surface area (Å²) in [7, 11) is 0. The molecule has 0 saturated carbocycles. The van der Waals surface area contributed by atoms with Gasteiger partial charge in [0.25, 0.3) is 0 Å². The molecule has 3 rings (SSSR count). The monoisotopic (exact) mass is 309 g/mol. The molecule has 0 spiro atoms. The Morgan fingerprint density at radius 1 is 1.14 bits per heavy atom. The first-order valence-corrected chi connectivity index (χ1v) is 9.24. The van der Waals surface area contributed by atoms with E-state index < -0.39 is 0 Å². The molecule has 2 aliphatic heterocycles. The Morgan fingerprint density at radius 2 is 1.95 bits per heavy atom. The number of nitrogens with zero attached hydrogens (tertiary/aromatic N) is 3. The van der Waals surface area contributed by atoms with Gasteiger partial charge in [-0.3, -0.25) is 4.90 Å². The van der Waals surface area contributed by atoms with Gasteiger partial charge in [-0.15, -0.1) is 11.3 Å². The number of unbranched alkanes of at least 4 members (excludes halogenated alkanes) is 1. The standard InChI is InChI=1S/C16H27N3OS/c1(3-15-4-12-20-13-5-15)2-7-18-8-10-19(11-9-18)16-17-6-14-21-16/h6,14-15H,1-5,7-13H2. The minimum Gasteiger partial charge on any atom is -0.381 e. The zero-order valence-electron chi connectivity index (χ0n) is 12.9. The SMILES string of the molecule is c1csc(N2CCN(CCCCC3CCOCC3)CC2)n1. The average molecular weight is 309 g/mol. The van der Waals surface area contributed by atoms with Gasteiger partial charge in [0.05, 0.1) is 0 Å². The molecule has 1 aromatic rings. The van der Waals surface area contributed by atoms with Crippen LogP contribution in [-0.4, -0.2) is 55.8 Å². The highest BCUT2D eigenvalue weighted by Crippen LogP contribution is 2.21. The number of ether oxygens (including phenoxy) is 1. The third-order valence-corrected chi connectivity index (χ3v) is 5.57. The second kappa shape index (κ2) is 8.11. The van der Waals surface area contributed by atoms with Gasteiger partial charge in [-0.05, 0) is 31.7 Å². The fraction of sp³-hybridized carbons (Fsp3) is 0.812. The summed E-state index contributed by atoms with van der Waals surface area (Å²) in [6, 6.07) is 0. The van der Waals surface area contributed by atoms with Crippen molar-refractivity contribution in [1.82, 2.24) is 9.88 Å². The zero-order valence-corrected chi connectivity index (χ0v) is 13.7. The summed E-state index contributed by atoms with van der Waals surface area (Å²) in [6.45, 7) is 7.90. The number of anilines is 1. The number of aromatic nitrogens is 1. The summed E-state index contributed by atoms with van der Waals surface area (Å²) >= 11 is 1.75. The van der Waals surface area contributed by atoms with Crippen LogP contribution in [0.25, 0.3) is 0 Å². The van der Waals surface area contributed by atoms with Crippen LogP contribution in [0, 0.1) is 5.92 Å². The molecule has 21 heavy (non-hydrogen) atoms. The van der Waals surface area contributed by atoms with Crippen molar-refractivity contribution >= 4 is 16.5 Å². The molecule has 2 saturated heterocycles. The van der Waals surface area contributed by atoms with Crippen molar-refractivity contribution in [3.8, 4) is 0 Å². The van der Waals surface area contributed by atoms with E-state index in [1.54, 1.807) is 11.3 Å². The van der Waals surface area contributed by atoms with Gasteiger partial charge in [0.15, 0.2) is 5.13 Å². The highest BCUT2D eigenvalue weighted by molar-refractivity contribution is 7.13. The van der Waals surface area contributed by atoms with Gasteiger partial charge < -0.3 is 9.64 Å². The Bertz CT molecular complexity index is 384. The van der Waals surface area contributed by atoms with Gasteiger partial charge in [-0.2, -0.15) is 0 Å². The zero-order chi connectivity index (χ0) is 14.3. The molecule has 3 heterocycles. The fourth-order valence-electron chi connectivity index (χ4n) is 3.34. The molecule has 4 nitrogen and oxygen atoms in total. The highest BCUT2D eigenvalue weighted by atomic mass is 32.1. The Kier molecular flexibility index (Phi) is 5.89. The van der Waals surface area contributed by atoms with Crippen molar-refractivity contribution in [2.24, 2.45) is 5.92 Å².